The van der Waals surface area contributed by atoms with Gasteiger partial charge in [0, 0.05) is 19.3 Å². The van der Waals surface area contributed by atoms with E-state index in [1.807, 2.05) is 0 Å². The number of esters is 3. The molecular weight excluding hydrogens is 793 g/mol. The molecule has 0 saturated carbocycles. The van der Waals surface area contributed by atoms with E-state index in [-0.39, 0.29) is 31.1 Å². The molecule has 0 aromatic heterocycles. The third-order valence-corrected chi connectivity index (χ3v) is 12.3. The van der Waals surface area contributed by atoms with Gasteiger partial charge in [0.25, 0.3) is 0 Å². The Kier molecular flexibility index (Phi) is 51.3. The highest BCUT2D eigenvalue weighted by molar-refractivity contribution is 5.71. The molecule has 0 bridgehead atoms. The summed E-state index contributed by atoms with van der Waals surface area (Å²) in [5.74, 6) is -0.887. The first-order valence-corrected chi connectivity index (χ1v) is 28.0. The highest BCUT2D eigenvalue weighted by atomic mass is 16.6. The summed E-state index contributed by atoms with van der Waals surface area (Å²) in [5, 5.41) is 0. The van der Waals surface area contributed by atoms with Gasteiger partial charge in [-0.2, -0.15) is 0 Å². The molecule has 6 heteroatoms. The van der Waals surface area contributed by atoms with Crippen molar-refractivity contribution in [2.45, 2.75) is 303 Å². The van der Waals surface area contributed by atoms with Crippen molar-refractivity contribution < 1.29 is 28.6 Å². The van der Waals surface area contributed by atoms with Crippen LogP contribution in [0.4, 0.5) is 0 Å². The lowest BCUT2D eigenvalue weighted by atomic mass is 10.0. The standard InChI is InChI=1S/C58H106O6/c1-4-7-10-13-16-19-22-25-26-27-28-29-30-31-34-36-39-42-45-48-51-57(60)63-54-55(64-58(61)52-49-46-43-40-37-33-24-21-18-15-12-9-6-3)53-62-56(59)50-47-44-41-38-35-32-23-20-17-14-11-8-5-2/h12,15,20-21,23-24,55H,4-11,13-14,16-19,22,25-54H2,1-3H3/b15-12-,23-20-,24-21-. The third kappa shape index (κ3) is 50.6. The highest BCUT2D eigenvalue weighted by Crippen LogP contribution is 2.16. The van der Waals surface area contributed by atoms with Gasteiger partial charge in [-0.25, -0.2) is 0 Å². The Hall–Kier alpha value is -2.37. The molecule has 0 heterocycles. The normalized spacial score (nSPS) is 12.2. The molecule has 0 saturated heterocycles. The summed E-state index contributed by atoms with van der Waals surface area (Å²) in [4.78, 5) is 38.0. The number of hydrogen-bond donors (Lipinski definition) is 0. The summed E-state index contributed by atoms with van der Waals surface area (Å²) >= 11 is 0. The fourth-order valence-corrected chi connectivity index (χ4v) is 8.12. The van der Waals surface area contributed by atoms with Gasteiger partial charge in [-0.15, -0.1) is 0 Å². The fraction of sp³-hybridized carbons (Fsp3) is 0.845. The van der Waals surface area contributed by atoms with Gasteiger partial charge in [0.05, 0.1) is 0 Å². The van der Waals surface area contributed by atoms with Crippen molar-refractivity contribution in [2.24, 2.45) is 0 Å². The van der Waals surface area contributed by atoms with Crippen LogP contribution in [0.1, 0.15) is 297 Å². The van der Waals surface area contributed by atoms with Crippen LogP contribution >= 0.6 is 0 Å². The zero-order valence-electron chi connectivity index (χ0n) is 42.8. The molecule has 374 valence electrons. The molecule has 0 radical (unpaired) electrons. The van der Waals surface area contributed by atoms with E-state index >= 15 is 0 Å². The molecular formula is C58H106O6. The molecule has 0 N–H and O–H groups in total. The van der Waals surface area contributed by atoms with E-state index in [2.05, 4.69) is 57.2 Å². The maximum absolute atomic E-state index is 12.8. The second kappa shape index (κ2) is 53.2. The second-order valence-electron chi connectivity index (χ2n) is 18.8. The molecule has 0 fully saturated rings. The molecule has 1 atom stereocenters. The Morgan fingerprint density at radius 1 is 0.312 bits per heavy atom. The van der Waals surface area contributed by atoms with Crippen molar-refractivity contribution in [3.8, 4) is 0 Å². The summed E-state index contributed by atoms with van der Waals surface area (Å²) in [7, 11) is 0. The minimum Gasteiger partial charge on any atom is -0.462 e. The maximum Gasteiger partial charge on any atom is 0.306 e. The van der Waals surface area contributed by atoms with Gasteiger partial charge < -0.3 is 14.2 Å². The Morgan fingerprint density at radius 2 is 0.594 bits per heavy atom. The van der Waals surface area contributed by atoms with Crippen LogP contribution in [0.3, 0.4) is 0 Å². The number of allylic oxidation sites excluding steroid dienone is 6. The first-order valence-electron chi connectivity index (χ1n) is 28.0. The number of carbonyl (C=O) groups is 3. The predicted octanol–water partition coefficient (Wildman–Crippen LogP) is 18.5. The Balaban J connectivity index is 4.29. The third-order valence-electron chi connectivity index (χ3n) is 12.3. The maximum atomic E-state index is 12.8. The molecule has 6 nitrogen and oxygen atoms in total. The molecule has 0 rings (SSSR count). The van der Waals surface area contributed by atoms with Crippen molar-refractivity contribution in [1.82, 2.24) is 0 Å². The van der Waals surface area contributed by atoms with Gasteiger partial charge in [0.15, 0.2) is 6.10 Å². The number of ether oxygens (including phenoxy) is 3. The topological polar surface area (TPSA) is 78.9 Å². The predicted molar refractivity (Wildman–Crippen MR) is 275 cm³/mol. The number of carbonyl (C=O) groups excluding carboxylic acids is 3. The summed E-state index contributed by atoms with van der Waals surface area (Å²) in [5.41, 5.74) is 0. The number of rotatable bonds is 51. The highest BCUT2D eigenvalue weighted by Gasteiger charge is 2.19. The average Bonchev–Trinajstić information content (AvgIpc) is 3.29. The van der Waals surface area contributed by atoms with Crippen LogP contribution < -0.4 is 0 Å². The van der Waals surface area contributed by atoms with E-state index in [1.165, 1.54) is 161 Å². The molecule has 0 aliphatic carbocycles. The van der Waals surface area contributed by atoms with Crippen molar-refractivity contribution in [3.63, 3.8) is 0 Å². The minimum atomic E-state index is -0.779. The van der Waals surface area contributed by atoms with Crippen LogP contribution in [0.2, 0.25) is 0 Å². The van der Waals surface area contributed by atoms with Crippen LogP contribution in [-0.4, -0.2) is 37.2 Å². The molecule has 0 aromatic rings. The average molecular weight is 899 g/mol. The van der Waals surface area contributed by atoms with E-state index in [4.69, 9.17) is 14.2 Å². The molecule has 0 amide bonds. The van der Waals surface area contributed by atoms with Crippen LogP contribution in [0.15, 0.2) is 36.5 Å². The van der Waals surface area contributed by atoms with E-state index < -0.39 is 6.10 Å². The molecule has 0 spiro atoms. The van der Waals surface area contributed by atoms with E-state index in [0.717, 1.165) is 96.3 Å². The van der Waals surface area contributed by atoms with Crippen molar-refractivity contribution in [1.29, 1.82) is 0 Å². The zero-order chi connectivity index (χ0) is 46.5. The van der Waals surface area contributed by atoms with Crippen LogP contribution in [-0.2, 0) is 28.6 Å². The number of unbranched alkanes of at least 4 members (excludes halogenated alkanes) is 34. The molecule has 0 aliphatic rings. The van der Waals surface area contributed by atoms with Gasteiger partial charge in [-0.1, -0.05) is 243 Å². The SMILES string of the molecule is CCC/C=C\C/C=C\CCCCCCCC(=O)OC(COC(=O)CCCCCCC/C=C\CCCCCC)COC(=O)CCCCCCCCCCCCCCCCCCCCCC. The van der Waals surface area contributed by atoms with Crippen molar-refractivity contribution >= 4 is 17.9 Å². The Morgan fingerprint density at radius 3 is 0.953 bits per heavy atom. The Bertz CT molecular complexity index is 1080. The summed E-state index contributed by atoms with van der Waals surface area (Å²) in [6, 6.07) is 0. The molecule has 0 aliphatic heterocycles. The monoisotopic (exact) mass is 899 g/mol. The number of hydrogen-bond acceptors (Lipinski definition) is 6. The van der Waals surface area contributed by atoms with Gasteiger partial charge >= 0.3 is 17.9 Å². The van der Waals surface area contributed by atoms with E-state index in [1.54, 1.807) is 0 Å². The summed E-state index contributed by atoms with van der Waals surface area (Å²) in [6.45, 7) is 6.58. The zero-order valence-corrected chi connectivity index (χ0v) is 42.8. The minimum absolute atomic E-state index is 0.0772. The van der Waals surface area contributed by atoms with E-state index in [9.17, 15) is 14.4 Å². The van der Waals surface area contributed by atoms with E-state index in [0.29, 0.717) is 19.3 Å². The lowest BCUT2D eigenvalue weighted by Gasteiger charge is -2.18. The first kappa shape index (κ1) is 61.6. The largest absolute Gasteiger partial charge is 0.462 e. The first-order chi connectivity index (χ1) is 31.5. The van der Waals surface area contributed by atoms with Gasteiger partial charge in [0.2, 0.25) is 0 Å². The fourth-order valence-electron chi connectivity index (χ4n) is 8.12. The van der Waals surface area contributed by atoms with Gasteiger partial charge in [0.1, 0.15) is 13.2 Å². The van der Waals surface area contributed by atoms with Gasteiger partial charge in [-0.05, 0) is 70.6 Å². The van der Waals surface area contributed by atoms with Crippen molar-refractivity contribution in [2.75, 3.05) is 13.2 Å². The van der Waals surface area contributed by atoms with Crippen LogP contribution in [0, 0.1) is 0 Å². The van der Waals surface area contributed by atoms with Gasteiger partial charge in [-0.3, -0.25) is 14.4 Å². The van der Waals surface area contributed by atoms with Crippen LogP contribution in [0.25, 0.3) is 0 Å². The summed E-state index contributed by atoms with van der Waals surface area (Å²) < 4.78 is 16.8. The lowest BCUT2D eigenvalue weighted by Crippen LogP contribution is -2.30. The van der Waals surface area contributed by atoms with Crippen molar-refractivity contribution in [3.05, 3.63) is 36.5 Å². The molecule has 0 aromatic carbocycles. The summed E-state index contributed by atoms with van der Waals surface area (Å²) in [6.07, 6.45) is 62.8. The molecule has 1 unspecified atom stereocenters. The second-order valence-corrected chi connectivity index (χ2v) is 18.8. The quantitative estimate of drug-likeness (QED) is 0.0262. The smallest absolute Gasteiger partial charge is 0.306 e. The Labute approximate surface area is 397 Å². The molecule has 64 heavy (non-hydrogen) atoms. The van der Waals surface area contributed by atoms with Crippen LogP contribution in [0.5, 0.6) is 0 Å². The lowest BCUT2D eigenvalue weighted by molar-refractivity contribution is -0.167.